The Bertz CT molecular complexity index is 1200. The third kappa shape index (κ3) is 7.85. The highest BCUT2D eigenvalue weighted by atomic mass is 35.5. The van der Waals surface area contributed by atoms with Gasteiger partial charge in [-0.3, -0.25) is 19.2 Å². The van der Waals surface area contributed by atoms with Crippen molar-refractivity contribution in [3.8, 4) is 5.75 Å². The number of nitrogens with one attached hydrogen (secondary N) is 3. The van der Waals surface area contributed by atoms with Crippen LogP contribution in [-0.2, 0) is 19.1 Å². The Morgan fingerprint density at radius 2 is 1.95 bits per heavy atom. The highest BCUT2D eigenvalue weighted by Crippen LogP contribution is 2.33. The number of morpholine rings is 1. The van der Waals surface area contributed by atoms with Crippen LogP contribution >= 0.6 is 22.9 Å². The number of rotatable bonds is 9. The van der Waals surface area contributed by atoms with Crippen molar-refractivity contribution < 1.29 is 37.4 Å². The van der Waals surface area contributed by atoms with Crippen molar-refractivity contribution in [1.29, 1.82) is 0 Å². The SMILES string of the molecule is CC(C)(C)C(=O)N[C@H](CNC(=O)c1ccc(Cl)s1)C(=O)Nc1ccc(N2CCOCC2=O)c(OC(F)F)c1. The van der Waals surface area contributed by atoms with E-state index >= 15 is 0 Å². The average Bonchev–Trinajstić information content (AvgIpc) is 3.27. The lowest BCUT2D eigenvalue weighted by molar-refractivity contribution is -0.132. The molecule has 1 aliphatic rings. The van der Waals surface area contributed by atoms with Crippen LogP contribution in [0.3, 0.4) is 0 Å². The number of benzene rings is 1. The molecule has 2 aromatic rings. The smallest absolute Gasteiger partial charge is 0.387 e. The van der Waals surface area contributed by atoms with Crippen LogP contribution in [-0.4, -0.2) is 62.6 Å². The van der Waals surface area contributed by atoms with Crippen molar-refractivity contribution in [3.05, 3.63) is 39.5 Å². The van der Waals surface area contributed by atoms with Crippen LogP contribution in [0, 0.1) is 5.41 Å². The van der Waals surface area contributed by atoms with Gasteiger partial charge in [-0.2, -0.15) is 8.78 Å². The fourth-order valence-electron chi connectivity index (χ4n) is 3.31. The molecule has 3 rings (SSSR count). The second-order valence-corrected chi connectivity index (χ2v) is 11.0. The summed E-state index contributed by atoms with van der Waals surface area (Å²) < 4.78 is 36.4. The molecule has 0 unspecified atom stereocenters. The maximum atomic E-state index is 13.1. The molecule has 38 heavy (non-hydrogen) atoms. The minimum absolute atomic E-state index is 0.0708. The van der Waals surface area contributed by atoms with Crippen molar-refractivity contribution >= 4 is 57.9 Å². The Hall–Kier alpha value is -3.29. The summed E-state index contributed by atoms with van der Waals surface area (Å²) in [6, 6.07) is 5.79. The molecule has 2 heterocycles. The lowest BCUT2D eigenvalue weighted by atomic mass is 9.95. The Morgan fingerprint density at radius 3 is 2.55 bits per heavy atom. The molecule has 1 aliphatic heterocycles. The molecule has 206 valence electrons. The Labute approximate surface area is 226 Å². The van der Waals surface area contributed by atoms with Crippen LogP contribution in [0.1, 0.15) is 30.4 Å². The number of thiophene rings is 1. The third-order valence-corrected chi connectivity index (χ3v) is 6.52. The zero-order valence-corrected chi connectivity index (χ0v) is 22.4. The van der Waals surface area contributed by atoms with E-state index in [0.29, 0.717) is 9.21 Å². The summed E-state index contributed by atoms with van der Waals surface area (Å²) in [5, 5.41) is 7.73. The zero-order chi connectivity index (χ0) is 28.0. The molecule has 1 aromatic carbocycles. The second kappa shape index (κ2) is 12.5. The molecule has 1 atom stereocenters. The second-order valence-electron chi connectivity index (χ2n) is 9.24. The number of halogens is 3. The normalized spacial score (nSPS) is 14.7. The van der Waals surface area contributed by atoms with E-state index in [-0.39, 0.29) is 43.4 Å². The summed E-state index contributed by atoms with van der Waals surface area (Å²) in [5.74, 6) is -2.41. The minimum Gasteiger partial charge on any atom is -0.433 e. The predicted octanol–water partition coefficient (Wildman–Crippen LogP) is 3.27. The first-order chi connectivity index (χ1) is 17.8. The molecule has 14 heteroatoms. The Balaban J connectivity index is 1.80. The van der Waals surface area contributed by atoms with Gasteiger partial charge >= 0.3 is 6.61 Å². The van der Waals surface area contributed by atoms with Crippen molar-refractivity contribution in [1.82, 2.24) is 10.6 Å². The Morgan fingerprint density at radius 1 is 1.21 bits per heavy atom. The lowest BCUT2D eigenvalue weighted by Crippen LogP contribution is -2.53. The van der Waals surface area contributed by atoms with Gasteiger partial charge in [0.15, 0.2) is 5.75 Å². The first-order valence-electron chi connectivity index (χ1n) is 11.5. The number of alkyl halides is 2. The highest BCUT2D eigenvalue weighted by molar-refractivity contribution is 7.18. The van der Waals surface area contributed by atoms with Crippen molar-refractivity contribution in [3.63, 3.8) is 0 Å². The largest absolute Gasteiger partial charge is 0.433 e. The molecule has 0 bridgehead atoms. The van der Waals surface area contributed by atoms with Gasteiger partial charge in [-0.25, -0.2) is 0 Å². The van der Waals surface area contributed by atoms with Gasteiger partial charge in [-0.05, 0) is 24.3 Å². The van der Waals surface area contributed by atoms with Crippen LogP contribution in [0.2, 0.25) is 4.34 Å². The first kappa shape index (κ1) is 29.3. The molecule has 0 saturated carbocycles. The molecule has 3 N–H and O–H groups in total. The molecule has 1 aromatic heterocycles. The fourth-order valence-corrected chi connectivity index (χ4v) is 4.27. The number of carbonyl (C=O) groups excluding carboxylic acids is 4. The quantitative estimate of drug-likeness (QED) is 0.423. The summed E-state index contributed by atoms with van der Waals surface area (Å²) in [6.45, 7) is 1.68. The molecule has 10 nitrogen and oxygen atoms in total. The van der Waals surface area contributed by atoms with Gasteiger partial charge in [0.1, 0.15) is 12.6 Å². The molecular weight excluding hydrogens is 546 g/mol. The number of hydrogen-bond acceptors (Lipinski definition) is 7. The highest BCUT2D eigenvalue weighted by Gasteiger charge is 2.29. The van der Waals surface area contributed by atoms with Crippen LogP contribution in [0.15, 0.2) is 30.3 Å². The van der Waals surface area contributed by atoms with Gasteiger partial charge in [0.25, 0.3) is 11.8 Å². The van der Waals surface area contributed by atoms with E-state index in [9.17, 15) is 28.0 Å². The number of nitrogens with zero attached hydrogens (tertiary/aromatic N) is 1. The molecule has 4 amide bonds. The van der Waals surface area contributed by atoms with Gasteiger partial charge in [-0.1, -0.05) is 32.4 Å². The maximum Gasteiger partial charge on any atom is 0.387 e. The molecule has 1 saturated heterocycles. The topological polar surface area (TPSA) is 126 Å². The predicted molar refractivity (Wildman–Crippen MR) is 138 cm³/mol. The van der Waals surface area contributed by atoms with Crippen molar-refractivity contribution in [2.24, 2.45) is 5.41 Å². The molecule has 1 fully saturated rings. The van der Waals surface area contributed by atoms with Crippen molar-refractivity contribution in [2.45, 2.75) is 33.4 Å². The van der Waals surface area contributed by atoms with Gasteiger partial charge in [0.05, 0.1) is 21.5 Å². The van der Waals surface area contributed by atoms with Crippen LogP contribution in [0.4, 0.5) is 20.2 Å². The summed E-state index contributed by atoms with van der Waals surface area (Å²) in [5.41, 5.74) is -0.674. The third-order valence-electron chi connectivity index (χ3n) is 5.29. The number of hydrogen-bond donors (Lipinski definition) is 3. The van der Waals surface area contributed by atoms with E-state index in [1.807, 2.05) is 0 Å². The summed E-state index contributed by atoms with van der Waals surface area (Å²) in [6.07, 6.45) is 0. The van der Waals surface area contributed by atoms with E-state index < -0.39 is 41.7 Å². The fraction of sp³-hybridized carbons (Fsp3) is 0.417. The first-order valence-corrected chi connectivity index (χ1v) is 12.7. The van der Waals surface area contributed by atoms with E-state index in [4.69, 9.17) is 16.3 Å². The molecule has 0 spiro atoms. The van der Waals surface area contributed by atoms with Gasteiger partial charge < -0.3 is 30.3 Å². The molecule has 0 radical (unpaired) electrons. The number of amides is 4. The van der Waals surface area contributed by atoms with Gasteiger partial charge in [0.2, 0.25) is 11.8 Å². The Kier molecular flexibility index (Phi) is 9.63. The summed E-state index contributed by atoms with van der Waals surface area (Å²) in [4.78, 5) is 52.0. The van der Waals surface area contributed by atoms with E-state index in [0.717, 1.165) is 17.4 Å². The van der Waals surface area contributed by atoms with Gasteiger partial charge in [0, 0.05) is 30.3 Å². The van der Waals surface area contributed by atoms with E-state index in [2.05, 4.69) is 20.7 Å². The average molecular weight is 573 g/mol. The standard InChI is InChI=1S/C24H27ClF2N4O6S/c1-24(2,3)22(35)30-14(11-28-21(34)17-6-7-18(25)38-17)20(33)29-13-4-5-15(16(10-13)37-23(26)27)31-8-9-36-12-19(31)32/h4-7,10,14,23H,8-9,11-12H2,1-3H3,(H,28,34)(H,29,33)(H,30,35)/t14-/m1/s1. The van der Waals surface area contributed by atoms with Gasteiger partial charge in [-0.15, -0.1) is 11.3 Å². The number of ether oxygens (including phenoxy) is 2. The lowest BCUT2D eigenvalue weighted by Gasteiger charge is -2.28. The summed E-state index contributed by atoms with van der Waals surface area (Å²) >= 11 is 6.92. The summed E-state index contributed by atoms with van der Waals surface area (Å²) in [7, 11) is 0. The minimum atomic E-state index is -3.18. The van der Waals surface area contributed by atoms with Crippen LogP contribution in [0.25, 0.3) is 0 Å². The van der Waals surface area contributed by atoms with E-state index in [1.54, 1.807) is 26.8 Å². The number of anilines is 2. The van der Waals surface area contributed by atoms with E-state index in [1.165, 1.54) is 23.1 Å². The zero-order valence-electron chi connectivity index (χ0n) is 20.8. The van der Waals surface area contributed by atoms with Crippen LogP contribution in [0.5, 0.6) is 5.75 Å². The van der Waals surface area contributed by atoms with Crippen molar-refractivity contribution in [2.75, 3.05) is 36.5 Å². The molecular formula is C24H27ClF2N4O6S. The monoisotopic (exact) mass is 572 g/mol. The molecule has 0 aliphatic carbocycles. The van der Waals surface area contributed by atoms with Crippen LogP contribution < -0.4 is 25.6 Å². The number of carbonyl (C=O) groups is 4. The maximum absolute atomic E-state index is 13.1.